The number of piperidine rings is 1. The van der Waals surface area contributed by atoms with Crippen molar-refractivity contribution in [2.45, 2.75) is 31.8 Å². The van der Waals surface area contributed by atoms with Gasteiger partial charge in [-0.25, -0.2) is 4.39 Å². The number of carbonyl (C=O) groups excluding carboxylic acids is 1. The van der Waals surface area contributed by atoms with Gasteiger partial charge in [-0.3, -0.25) is 9.69 Å². The van der Waals surface area contributed by atoms with E-state index in [2.05, 4.69) is 4.90 Å². The fraction of sp³-hybridized carbons (Fsp3) is 0.370. The first-order valence-corrected chi connectivity index (χ1v) is 11.9. The summed E-state index contributed by atoms with van der Waals surface area (Å²) in [5, 5.41) is 0.717. The first-order chi connectivity index (χ1) is 16.5. The monoisotopic (exact) mass is 484 g/mol. The number of hydrogen-bond acceptors (Lipinski definition) is 4. The summed E-state index contributed by atoms with van der Waals surface area (Å²) in [5.41, 5.74) is 2.06. The summed E-state index contributed by atoms with van der Waals surface area (Å²) in [6.07, 6.45) is 4.10. The first kappa shape index (κ1) is 24.3. The van der Waals surface area contributed by atoms with Crippen LogP contribution in [-0.4, -0.2) is 49.0 Å². The number of likely N-dealkylation sites (N-methyl/N-ethyl adjacent to an activating group) is 1. The number of carbonyl (C=O) groups is 1. The average molecular weight is 485 g/mol. The maximum atomic E-state index is 13.8. The Balaban J connectivity index is 1.46. The third-order valence-electron chi connectivity index (χ3n) is 6.73. The Bertz CT molecular complexity index is 1100. The summed E-state index contributed by atoms with van der Waals surface area (Å²) in [6, 6.07) is 16.3. The number of nitrogens with zero attached hydrogens (tertiary/aromatic N) is 2. The summed E-state index contributed by atoms with van der Waals surface area (Å²) in [7, 11) is 3.33. The average Bonchev–Trinajstić information content (AvgIpc) is 3.39. The van der Waals surface area contributed by atoms with Gasteiger partial charge in [0, 0.05) is 24.7 Å². The van der Waals surface area contributed by atoms with Crippen LogP contribution in [-0.2, 0) is 13.0 Å². The lowest BCUT2D eigenvalue weighted by Gasteiger charge is -2.40. The number of methoxy groups -OCH3 is 1. The smallest absolute Gasteiger partial charge is 0.289 e. The van der Waals surface area contributed by atoms with E-state index < -0.39 is 0 Å². The highest BCUT2D eigenvalue weighted by molar-refractivity contribution is 6.31. The van der Waals surface area contributed by atoms with Crippen LogP contribution in [0.4, 0.5) is 4.39 Å². The van der Waals surface area contributed by atoms with Crippen molar-refractivity contribution >= 4 is 17.5 Å². The van der Waals surface area contributed by atoms with E-state index in [0.717, 1.165) is 43.6 Å². The van der Waals surface area contributed by atoms with Crippen LogP contribution in [0.5, 0.6) is 5.75 Å². The van der Waals surface area contributed by atoms with E-state index in [4.69, 9.17) is 20.8 Å². The third kappa shape index (κ3) is 5.62. The Morgan fingerprint density at radius 1 is 1.21 bits per heavy atom. The topological polar surface area (TPSA) is 45.9 Å². The minimum absolute atomic E-state index is 0.00874. The van der Waals surface area contributed by atoms with E-state index in [1.165, 1.54) is 19.4 Å². The van der Waals surface area contributed by atoms with E-state index >= 15 is 0 Å². The van der Waals surface area contributed by atoms with E-state index in [0.29, 0.717) is 23.1 Å². The van der Waals surface area contributed by atoms with Crippen molar-refractivity contribution in [3.63, 3.8) is 0 Å². The second-order valence-electron chi connectivity index (χ2n) is 8.84. The lowest BCUT2D eigenvalue weighted by Crippen LogP contribution is -2.47. The zero-order valence-electron chi connectivity index (χ0n) is 19.5. The number of benzene rings is 2. The Morgan fingerprint density at radius 3 is 2.65 bits per heavy atom. The van der Waals surface area contributed by atoms with Crippen LogP contribution in [0.15, 0.2) is 65.3 Å². The fourth-order valence-electron chi connectivity index (χ4n) is 4.79. The molecule has 7 heteroatoms. The van der Waals surface area contributed by atoms with Crippen molar-refractivity contribution in [1.29, 1.82) is 0 Å². The molecule has 0 N–H and O–H groups in total. The lowest BCUT2D eigenvalue weighted by molar-refractivity contribution is 0.0556. The van der Waals surface area contributed by atoms with Gasteiger partial charge in [0.05, 0.1) is 13.4 Å². The van der Waals surface area contributed by atoms with Gasteiger partial charge in [0.15, 0.2) is 17.3 Å². The molecule has 1 aromatic heterocycles. The van der Waals surface area contributed by atoms with Gasteiger partial charge in [0.2, 0.25) is 0 Å². The summed E-state index contributed by atoms with van der Waals surface area (Å²) in [4.78, 5) is 17.3. The molecule has 34 heavy (non-hydrogen) atoms. The van der Waals surface area contributed by atoms with Gasteiger partial charge in [-0.1, -0.05) is 35.9 Å². The van der Waals surface area contributed by atoms with Crippen LogP contribution in [0, 0.1) is 11.7 Å². The van der Waals surface area contributed by atoms with E-state index in [-0.39, 0.29) is 23.5 Å². The number of rotatable bonds is 8. The van der Waals surface area contributed by atoms with Gasteiger partial charge in [0.1, 0.15) is 0 Å². The normalized spacial score (nSPS) is 15.8. The standard InChI is InChI=1S/C27H30ClFN2O3/c1-30(27(32)25-8-5-15-34-25)24(17-21-6-3-4-7-22(21)28)20-11-13-31(14-12-20)18-19-9-10-23(29)26(16-19)33-2/h3-10,15-16,20,24H,11-14,17-18H2,1-2H3/t24-/m0/s1. The van der Waals surface area contributed by atoms with Gasteiger partial charge in [0.25, 0.3) is 5.91 Å². The van der Waals surface area contributed by atoms with Gasteiger partial charge < -0.3 is 14.1 Å². The molecule has 0 saturated carbocycles. The summed E-state index contributed by atoms with van der Waals surface area (Å²) >= 11 is 6.47. The second kappa shape index (κ2) is 11.1. The second-order valence-corrected chi connectivity index (χ2v) is 9.25. The minimum Gasteiger partial charge on any atom is -0.494 e. The summed E-state index contributed by atoms with van der Waals surface area (Å²) in [6.45, 7) is 2.53. The predicted molar refractivity (Wildman–Crippen MR) is 131 cm³/mol. The van der Waals surface area contributed by atoms with Crippen molar-refractivity contribution in [2.24, 2.45) is 5.92 Å². The van der Waals surface area contributed by atoms with Gasteiger partial charge in [-0.15, -0.1) is 0 Å². The highest BCUT2D eigenvalue weighted by Crippen LogP contribution is 2.30. The van der Waals surface area contributed by atoms with Crippen molar-refractivity contribution in [3.05, 3.63) is 88.6 Å². The SMILES string of the molecule is COc1cc(CN2CCC([C@H](Cc3ccccc3Cl)N(C)C(=O)c3ccco3)CC2)ccc1F. The van der Waals surface area contributed by atoms with E-state index in [1.807, 2.05) is 36.2 Å². The molecule has 0 spiro atoms. The highest BCUT2D eigenvalue weighted by atomic mass is 35.5. The number of hydrogen-bond donors (Lipinski definition) is 0. The molecular formula is C27H30ClFN2O3. The molecule has 1 aliphatic rings. The number of amides is 1. The predicted octanol–water partition coefficient (Wildman–Crippen LogP) is 5.68. The molecule has 2 heterocycles. The molecule has 0 radical (unpaired) electrons. The molecular weight excluding hydrogens is 455 g/mol. The molecule has 0 unspecified atom stereocenters. The van der Waals surface area contributed by atoms with Crippen LogP contribution in [0.25, 0.3) is 0 Å². The van der Waals surface area contributed by atoms with E-state index in [1.54, 1.807) is 24.3 Å². The molecule has 0 bridgehead atoms. The Morgan fingerprint density at radius 2 is 1.97 bits per heavy atom. The Hall–Kier alpha value is -2.83. The molecule has 0 aliphatic carbocycles. The first-order valence-electron chi connectivity index (χ1n) is 11.5. The molecule has 1 fully saturated rings. The van der Waals surface area contributed by atoms with Gasteiger partial charge in [-0.2, -0.15) is 0 Å². The summed E-state index contributed by atoms with van der Waals surface area (Å²) < 4.78 is 24.2. The zero-order valence-corrected chi connectivity index (χ0v) is 20.3. The number of halogens is 2. The molecule has 1 saturated heterocycles. The molecule has 1 atom stereocenters. The molecule has 4 rings (SSSR count). The van der Waals surface area contributed by atoms with Crippen molar-refractivity contribution in [3.8, 4) is 5.75 Å². The van der Waals surface area contributed by atoms with Crippen LogP contribution < -0.4 is 4.74 Å². The third-order valence-corrected chi connectivity index (χ3v) is 7.10. The molecule has 180 valence electrons. The van der Waals surface area contributed by atoms with Crippen LogP contribution in [0.1, 0.15) is 34.5 Å². The minimum atomic E-state index is -0.350. The lowest BCUT2D eigenvalue weighted by atomic mass is 9.84. The largest absolute Gasteiger partial charge is 0.494 e. The van der Waals surface area contributed by atoms with Crippen LogP contribution in [0.3, 0.4) is 0 Å². The Kier molecular flexibility index (Phi) is 7.91. The van der Waals surface area contributed by atoms with Crippen molar-refractivity contribution in [2.75, 3.05) is 27.2 Å². The molecule has 3 aromatic rings. The van der Waals surface area contributed by atoms with Crippen molar-refractivity contribution in [1.82, 2.24) is 9.80 Å². The van der Waals surface area contributed by atoms with Crippen LogP contribution >= 0.6 is 11.6 Å². The fourth-order valence-corrected chi connectivity index (χ4v) is 5.00. The number of likely N-dealkylation sites (tertiary alicyclic amines) is 1. The van der Waals surface area contributed by atoms with Crippen molar-refractivity contribution < 1.29 is 18.3 Å². The zero-order chi connectivity index (χ0) is 24.1. The highest BCUT2D eigenvalue weighted by Gasteiger charge is 2.33. The van der Waals surface area contributed by atoms with E-state index in [9.17, 15) is 9.18 Å². The molecule has 5 nitrogen and oxygen atoms in total. The summed E-state index contributed by atoms with van der Waals surface area (Å²) in [5.74, 6) is 0.457. The van der Waals surface area contributed by atoms with Gasteiger partial charge in [-0.05, 0) is 79.7 Å². The molecule has 1 aliphatic heterocycles. The molecule has 1 amide bonds. The maximum Gasteiger partial charge on any atom is 0.289 e. The number of ether oxygens (including phenoxy) is 1. The number of furan rings is 1. The Labute approximate surface area is 205 Å². The molecule has 2 aromatic carbocycles. The maximum absolute atomic E-state index is 13.8. The van der Waals surface area contributed by atoms with Gasteiger partial charge >= 0.3 is 0 Å². The van der Waals surface area contributed by atoms with Crippen LogP contribution in [0.2, 0.25) is 5.02 Å². The quantitative estimate of drug-likeness (QED) is 0.413.